The number of nitriles is 1. The summed E-state index contributed by atoms with van der Waals surface area (Å²) in [6.07, 6.45) is 0.307. The lowest BCUT2D eigenvalue weighted by atomic mass is 10.2. The van der Waals surface area contributed by atoms with E-state index in [1.54, 1.807) is 24.1 Å². The van der Waals surface area contributed by atoms with Crippen LogP contribution in [-0.4, -0.2) is 42.6 Å². The van der Waals surface area contributed by atoms with Crippen molar-refractivity contribution in [1.82, 2.24) is 9.88 Å². The van der Waals surface area contributed by atoms with Gasteiger partial charge in [0.25, 0.3) is 5.91 Å². The second-order valence-corrected chi connectivity index (χ2v) is 3.86. The van der Waals surface area contributed by atoms with Gasteiger partial charge in [-0.2, -0.15) is 5.26 Å². The minimum atomic E-state index is -0.161. The Labute approximate surface area is 107 Å². The smallest absolute Gasteiger partial charge is 0.272 e. The number of aryl methyl sites for hydroxylation is 1. The quantitative estimate of drug-likeness (QED) is 0.762. The van der Waals surface area contributed by atoms with E-state index >= 15 is 0 Å². The zero-order valence-corrected chi connectivity index (χ0v) is 10.7. The second kappa shape index (κ2) is 7.41. The number of carbonyl (C=O) groups is 1. The van der Waals surface area contributed by atoms with Gasteiger partial charge in [-0.05, 0) is 19.1 Å². The van der Waals surface area contributed by atoms with Gasteiger partial charge in [-0.1, -0.05) is 6.07 Å². The van der Waals surface area contributed by atoms with Crippen LogP contribution in [0.3, 0.4) is 0 Å². The number of hydrogen-bond acceptors (Lipinski definition) is 4. The number of rotatable bonds is 6. The highest BCUT2D eigenvalue weighted by atomic mass is 16.5. The first kappa shape index (κ1) is 14.1. The Bertz CT molecular complexity index is 440. The molecule has 5 nitrogen and oxygen atoms in total. The third-order valence-electron chi connectivity index (χ3n) is 2.45. The van der Waals surface area contributed by atoms with E-state index in [1.165, 1.54) is 0 Å². The van der Waals surface area contributed by atoms with Crippen LogP contribution in [0.25, 0.3) is 0 Å². The van der Waals surface area contributed by atoms with Crippen LogP contribution >= 0.6 is 0 Å². The lowest BCUT2D eigenvalue weighted by Crippen LogP contribution is -2.35. The van der Waals surface area contributed by atoms with E-state index in [4.69, 9.17) is 10.00 Å². The molecule has 1 heterocycles. The minimum absolute atomic E-state index is 0.161. The predicted octanol–water partition coefficient (Wildman–Crippen LogP) is 1.39. The Morgan fingerprint density at radius 2 is 2.28 bits per heavy atom. The molecule has 96 valence electrons. The van der Waals surface area contributed by atoms with Crippen molar-refractivity contribution in [2.75, 3.05) is 26.8 Å². The zero-order chi connectivity index (χ0) is 13.4. The standard InChI is InChI=1S/C13H17N3O2/c1-11-5-3-6-12(15-11)13(17)16(8-4-7-14)9-10-18-2/h3,5-6H,4,8-10H2,1-2H3. The van der Waals surface area contributed by atoms with Crippen molar-refractivity contribution in [3.63, 3.8) is 0 Å². The Morgan fingerprint density at radius 3 is 2.89 bits per heavy atom. The summed E-state index contributed by atoms with van der Waals surface area (Å²) >= 11 is 0. The van der Waals surface area contributed by atoms with Crippen molar-refractivity contribution in [2.45, 2.75) is 13.3 Å². The van der Waals surface area contributed by atoms with Crippen LogP contribution in [0.1, 0.15) is 22.6 Å². The highest BCUT2D eigenvalue weighted by Crippen LogP contribution is 2.04. The van der Waals surface area contributed by atoms with Crippen molar-refractivity contribution >= 4 is 5.91 Å². The molecule has 0 aromatic carbocycles. The van der Waals surface area contributed by atoms with Gasteiger partial charge in [-0.15, -0.1) is 0 Å². The number of methoxy groups -OCH3 is 1. The number of nitrogens with zero attached hydrogens (tertiary/aromatic N) is 3. The summed E-state index contributed by atoms with van der Waals surface area (Å²) in [5, 5.41) is 8.60. The molecule has 0 fully saturated rings. The van der Waals surface area contributed by atoms with Gasteiger partial charge < -0.3 is 9.64 Å². The molecule has 1 amide bonds. The maximum Gasteiger partial charge on any atom is 0.272 e. The first-order valence-corrected chi connectivity index (χ1v) is 5.78. The van der Waals surface area contributed by atoms with Crippen molar-refractivity contribution in [3.05, 3.63) is 29.6 Å². The number of amides is 1. The van der Waals surface area contributed by atoms with Crippen LogP contribution in [0.15, 0.2) is 18.2 Å². The van der Waals surface area contributed by atoms with Crippen LogP contribution in [0, 0.1) is 18.3 Å². The van der Waals surface area contributed by atoms with E-state index in [1.807, 2.05) is 19.1 Å². The SMILES string of the molecule is COCCN(CCC#N)C(=O)c1cccc(C)n1. The number of aromatic nitrogens is 1. The van der Waals surface area contributed by atoms with Crippen LogP contribution in [0.5, 0.6) is 0 Å². The molecule has 0 atom stereocenters. The van der Waals surface area contributed by atoms with Crippen molar-refractivity contribution in [3.8, 4) is 6.07 Å². The van der Waals surface area contributed by atoms with E-state index in [2.05, 4.69) is 4.98 Å². The van der Waals surface area contributed by atoms with Gasteiger partial charge >= 0.3 is 0 Å². The number of pyridine rings is 1. The van der Waals surface area contributed by atoms with Crippen LogP contribution in [-0.2, 0) is 4.74 Å². The van der Waals surface area contributed by atoms with Crippen LogP contribution in [0.2, 0.25) is 0 Å². The third-order valence-corrected chi connectivity index (χ3v) is 2.45. The topological polar surface area (TPSA) is 66.2 Å². The normalized spacial score (nSPS) is 9.83. The van der Waals surface area contributed by atoms with Crippen molar-refractivity contribution < 1.29 is 9.53 Å². The molecular formula is C13H17N3O2. The average molecular weight is 247 g/mol. The Kier molecular flexibility index (Phi) is 5.81. The first-order chi connectivity index (χ1) is 8.69. The molecule has 0 aliphatic carbocycles. The van der Waals surface area contributed by atoms with Crippen LogP contribution < -0.4 is 0 Å². The van der Waals surface area contributed by atoms with Gasteiger partial charge in [0.2, 0.25) is 0 Å². The number of carbonyl (C=O) groups excluding carboxylic acids is 1. The lowest BCUT2D eigenvalue weighted by Gasteiger charge is -2.20. The fourth-order valence-corrected chi connectivity index (χ4v) is 1.53. The molecule has 5 heteroatoms. The Hall–Kier alpha value is -1.93. The highest BCUT2D eigenvalue weighted by Gasteiger charge is 2.16. The lowest BCUT2D eigenvalue weighted by molar-refractivity contribution is 0.0694. The molecule has 0 aliphatic rings. The molecular weight excluding hydrogens is 230 g/mol. The molecule has 1 aromatic heterocycles. The molecule has 1 aromatic rings. The van der Waals surface area contributed by atoms with E-state index in [9.17, 15) is 4.79 Å². The van der Waals surface area contributed by atoms with Crippen molar-refractivity contribution in [1.29, 1.82) is 5.26 Å². The minimum Gasteiger partial charge on any atom is -0.383 e. The average Bonchev–Trinajstić information content (AvgIpc) is 2.38. The fraction of sp³-hybridized carbons (Fsp3) is 0.462. The highest BCUT2D eigenvalue weighted by molar-refractivity contribution is 5.92. The molecule has 0 radical (unpaired) electrons. The first-order valence-electron chi connectivity index (χ1n) is 5.78. The molecule has 0 aliphatic heterocycles. The number of hydrogen-bond donors (Lipinski definition) is 0. The summed E-state index contributed by atoms with van der Waals surface area (Å²) in [5.41, 5.74) is 1.21. The van der Waals surface area contributed by atoms with Gasteiger partial charge in [0.05, 0.1) is 19.1 Å². The van der Waals surface area contributed by atoms with E-state index in [-0.39, 0.29) is 5.91 Å². The molecule has 18 heavy (non-hydrogen) atoms. The molecule has 0 saturated carbocycles. The van der Waals surface area contributed by atoms with Gasteiger partial charge in [0, 0.05) is 25.9 Å². The van der Waals surface area contributed by atoms with Crippen LogP contribution in [0.4, 0.5) is 0 Å². The monoisotopic (exact) mass is 247 g/mol. The van der Waals surface area contributed by atoms with Gasteiger partial charge in [0.15, 0.2) is 0 Å². The fourth-order valence-electron chi connectivity index (χ4n) is 1.53. The summed E-state index contributed by atoms with van der Waals surface area (Å²) in [4.78, 5) is 18.0. The maximum atomic E-state index is 12.2. The Balaban J connectivity index is 2.77. The van der Waals surface area contributed by atoms with Gasteiger partial charge in [0.1, 0.15) is 5.69 Å². The van der Waals surface area contributed by atoms with E-state index in [0.717, 1.165) is 5.69 Å². The molecule has 0 unspecified atom stereocenters. The third kappa shape index (κ3) is 4.15. The van der Waals surface area contributed by atoms with Gasteiger partial charge in [-0.3, -0.25) is 4.79 Å². The molecule has 0 saturated heterocycles. The number of ether oxygens (including phenoxy) is 1. The summed E-state index contributed by atoms with van der Waals surface area (Å²) < 4.78 is 4.96. The predicted molar refractivity (Wildman–Crippen MR) is 67.0 cm³/mol. The molecule has 0 spiro atoms. The summed E-state index contributed by atoms with van der Waals surface area (Å²) in [6.45, 7) is 3.15. The van der Waals surface area contributed by atoms with Crippen molar-refractivity contribution in [2.24, 2.45) is 0 Å². The van der Waals surface area contributed by atoms with E-state index in [0.29, 0.717) is 31.8 Å². The zero-order valence-electron chi connectivity index (χ0n) is 10.7. The maximum absolute atomic E-state index is 12.2. The molecule has 1 rings (SSSR count). The molecule has 0 bridgehead atoms. The summed E-state index contributed by atoms with van der Waals surface area (Å²) in [7, 11) is 1.58. The summed E-state index contributed by atoms with van der Waals surface area (Å²) in [5.74, 6) is -0.161. The second-order valence-electron chi connectivity index (χ2n) is 3.86. The Morgan fingerprint density at radius 1 is 1.50 bits per heavy atom. The van der Waals surface area contributed by atoms with E-state index < -0.39 is 0 Å². The largest absolute Gasteiger partial charge is 0.383 e. The molecule has 0 N–H and O–H groups in total. The van der Waals surface area contributed by atoms with Gasteiger partial charge in [-0.25, -0.2) is 4.98 Å². The summed E-state index contributed by atoms with van der Waals surface area (Å²) in [6, 6.07) is 7.36.